The van der Waals surface area contributed by atoms with Gasteiger partial charge in [0, 0.05) is 5.69 Å². The minimum Gasteiger partial charge on any atom is -0.406 e. The summed E-state index contributed by atoms with van der Waals surface area (Å²) in [7, 11) is 0. The lowest BCUT2D eigenvalue weighted by molar-refractivity contribution is -0.274. The van der Waals surface area contributed by atoms with E-state index in [-0.39, 0.29) is 17.5 Å². The zero-order valence-corrected chi connectivity index (χ0v) is 14.3. The Balaban J connectivity index is 1.66. The maximum Gasteiger partial charge on any atom is 0.573 e. The van der Waals surface area contributed by atoms with Crippen LogP contribution in [0.1, 0.15) is 19.8 Å². The highest BCUT2D eigenvalue weighted by Gasteiger charge is 2.50. The number of fused-ring (bicyclic) bond motifs is 1. The molecule has 27 heavy (non-hydrogen) atoms. The molecule has 9 heteroatoms. The summed E-state index contributed by atoms with van der Waals surface area (Å²) >= 11 is 0. The number of carbonyl (C=O) groups is 3. The standard InChI is InChI=1S/C18H17F3N2O4/c1-10(23-16(25)13-4-2-3-5-14(13)17(23)26)15(24)22-11-6-8-12(9-7-11)27-18(19,20)21/h2-3,6-10,13-14H,4-5H2,1H3,(H,22,24)/t10-,13+,14+/m1/s1. The number of amides is 3. The smallest absolute Gasteiger partial charge is 0.406 e. The van der Waals surface area contributed by atoms with Gasteiger partial charge in [0.15, 0.2) is 0 Å². The highest BCUT2D eigenvalue weighted by atomic mass is 19.4. The van der Waals surface area contributed by atoms with Gasteiger partial charge in [-0.25, -0.2) is 0 Å². The Morgan fingerprint density at radius 1 is 1.11 bits per heavy atom. The van der Waals surface area contributed by atoms with Crippen LogP contribution in [0.25, 0.3) is 0 Å². The Kier molecular flexibility index (Phi) is 4.95. The van der Waals surface area contributed by atoms with E-state index in [0.717, 1.165) is 17.0 Å². The second-order valence-corrected chi connectivity index (χ2v) is 6.44. The predicted molar refractivity (Wildman–Crippen MR) is 88.4 cm³/mol. The van der Waals surface area contributed by atoms with Crippen LogP contribution in [0.3, 0.4) is 0 Å². The zero-order valence-electron chi connectivity index (χ0n) is 14.3. The van der Waals surface area contributed by atoms with Crippen molar-refractivity contribution in [3.63, 3.8) is 0 Å². The fraction of sp³-hybridized carbons (Fsp3) is 0.389. The molecule has 0 spiro atoms. The molecule has 1 aromatic rings. The number of anilines is 1. The number of likely N-dealkylation sites (tertiary alicyclic amines) is 1. The Bertz CT molecular complexity index is 763. The summed E-state index contributed by atoms with van der Waals surface area (Å²) < 4.78 is 40.2. The number of benzene rings is 1. The number of hydrogen-bond acceptors (Lipinski definition) is 4. The summed E-state index contributed by atoms with van der Waals surface area (Å²) in [6, 6.07) is 3.56. The van der Waals surface area contributed by atoms with Gasteiger partial charge in [-0.3, -0.25) is 19.3 Å². The summed E-state index contributed by atoms with van der Waals surface area (Å²) in [6.07, 6.45) is -0.154. The van der Waals surface area contributed by atoms with E-state index >= 15 is 0 Å². The molecule has 3 amide bonds. The number of rotatable bonds is 4. The Morgan fingerprint density at radius 2 is 1.63 bits per heavy atom. The average Bonchev–Trinajstić information content (AvgIpc) is 2.86. The van der Waals surface area contributed by atoms with Crippen molar-refractivity contribution in [2.24, 2.45) is 11.8 Å². The number of nitrogens with zero attached hydrogens (tertiary/aromatic N) is 1. The lowest BCUT2D eigenvalue weighted by Crippen LogP contribution is -2.46. The van der Waals surface area contributed by atoms with Crippen LogP contribution in [-0.2, 0) is 14.4 Å². The summed E-state index contributed by atoms with van der Waals surface area (Å²) in [5, 5.41) is 2.49. The molecule has 3 rings (SSSR count). The first kappa shape index (κ1) is 18.9. The van der Waals surface area contributed by atoms with Gasteiger partial charge >= 0.3 is 6.36 Å². The van der Waals surface area contributed by atoms with Crippen molar-refractivity contribution in [3.05, 3.63) is 36.4 Å². The van der Waals surface area contributed by atoms with Gasteiger partial charge in [-0.15, -0.1) is 13.2 Å². The van der Waals surface area contributed by atoms with Gasteiger partial charge in [0.05, 0.1) is 11.8 Å². The monoisotopic (exact) mass is 382 g/mol. The molecule has 6 nitrogen and oxygen atoms in total. The highest BCUT2D eigenvalue weighted by Crippen LogP contribution is 2.36. The number of carbonyl (C=O) groups excluding carboxylic acids is 3. The molecule has 1 aromatic carbocycles. The van der Waals surface area contributed by atoms with E-state index in [1.807, 2.05) is 12.2 Å². The molecule has 1 fully saturated rings. The molecule has 1 aliphatic heterocycles. The number of nitrogens with one attached hydrogen (secondary N) is 1. The lowest BCUT2D eigenvalue weighted by Gasteiger charge is -2.22. The molecule has 3 atom stereocenters. The molecule has 2 aliphatic rings. The van der Waals surface area contributed by atoms with Crippen molar-refractivity contribution >= 4 is 23.4 Å². The molecular formula is C18H17F3N2O4. The van der Waals surface area contributed by atoms with Crippen LogP contribution in [0.2, 0.25) is 0 Å². The summed E-state index contributed by atoms with van der Waals surface area (Å²) in [6.45, 7) is 1.44. The number of alkyl halides is 3. The van der Waals surface area contributed by atoms with Gasteiger partial charge in [0.2, 0.25) is 17.7 Å². The molecule has 1 heterocycles. The fourth-order valence-corrected chi connectivity index (χ4v) is 3.31. The Hall–Kier alpha value is -2.84. The normalized spacial score (nSPS) is 23.2. The predicted octanol–water partition coefficient (Wildman–Crippen LogP) is 2.86. The lowest BCUT2D eigenvalue weighted by atomic mass is 9.85. The molecule has 1 N–H and O–H groups in total. The largest absolute Gasteiger partial charge is 0.573 e. The summed E-state index contributed by atoms with van der Waals surface area (Å²) in [4.78, 5) is 38.4. The van der Waals surface area contributed by atoms with E-state index in [2.05, 4.69) is 10.1 Å². The van der Waals surface area contributed by atoms with Crippen LogP contribution < -0.4 is 10.1 Å². The first-order valence-electron chi connectivity index (χ1n) is 8.36. The van der Waals surface area contributed by atoms with Gasteiger partial charge in [-0.2, -0.15) is 0 Å². The van der Waals surface area contributed by atoms with E-state index < -0.39 is 35.9 Å². The quantitative estimate of drug-likeness (QED) is 0.642. The third-order valence-electron chi connectivity index (χ3n) is 4.66. The zero-order chi connectivity index (χ0) is 19.8. The molecule has 0 bridgehead atoms. The minimum atomic E-state index is -4.80. The molecule has 0 unspecified atom stereocenters. The SMILES string of the molecule is C[C@H](C(=O)Nc1ccc(OC(F)(F)F)cc1)N1C(=O)[C@H]2CC=CC[C@@H]2C1=O. The van der Waals surface area contributed by atoms with Crippen LogP contribution in [0.5, 0.6) is 5.75 Å². The van der Waals surface area contributed by atoms with Crippen LogP contribution >= 0.6 is 0 Å². The number of hydrogen-bond donors (Lipinski definition) is 1. The van der Waals surface area contributed by atoms with Gasteiger partial charge < -0.3 is 10.1 Å². The van der Waals surface area contributed by atoms with E-state index in [1.165, 1.54) is 19.1 Å². The average molecular weight is 382 g/mol. The molecule has 1 saturated heterocycles. The third kappa shape index (κ3) is 3.96. The van der Waals surface area contributed by atoms with Crippen LogP contribution in [0, 0.1) is 11.8 Å². The first-order valence-corrected chi connectivity index (χ1v) is 8.36. The van der Waals surface area contributed by atoms with E-state index in [1.54, 1.807) is 0 Å². The van der Waals surface area contributed by atoms with Crippen molar-refractivity contribution in [1.82, 2.24) is 4.90 Å². The van der Waals surface area contributed by atoms with E-state index in [9.17, 15) is 27.6 Å². The van der Waals surface area contributed by atoms with Crippen molar-refractivity contribution in [3.8, 4) is 5.75 Å². The Morgan fingerprint density at radius 3 is 2.11 bits per heavy atom. The second-order valence-electron chi connectivity index (χ2n) is 6.44. The van der Waals surface area contributed by atoms with Crippen molar-refractivity contribution in [2.75, 3.05) is 5.32 Å². The second kappa shape index (κ2) is 7.05. The highest BCUT2D eigenvalue weighted by molar-refractivity contribution is 6.10. The van der Waals surface area contributed by atoms with E-state index in [4.69, 9.17) is 0 Å². The molecule has 144 valence electrons. The molecule has 0 radical (unpaired) electrons. The van der Waals surface area contributed by atoms with Crippen LogP contribution in [0.4, 0.5) is 18.9 Å². The van der Waals surface area contributed by atoms with E-state index in [0.29, 0.717) is 12.8 Å². The summed E-state index contributed by atoms with van der Waals surface area (Å²) in [5.74, 6) is -2.63. The fourth-order valence-electron chi connectivity index (χ4n) is 3.31. The topological polar surface area (TPSA) is 75.7 Å². The maximum atomic E-state index is 12.5. The number of imide groups is 1. The molecule has 0 aromatic heterocycles. The molecule has 0 saturated carbocycles. The van der Waals surface area contributed by atoms with Gasteiger partial charge in [-0.1, -0.05) is 12.2 Å². The number of allylic oxidation sites excluding steroid dienone is 2. The van der Waals surface area contributed by atoms with Crippen LogP contribution in [0.15, 0.2) is 36.4 Å². The first-order chi connectivity index (χ1) is 12.7. The number of ether oxygens (including phenoxy) is 1. The van der Waals surface area contributed by atoms with Crippen LogP contribution in [-0.4, -0.2) is 35.0 Å². The van der Waals surface area contributed by atoms with Crippen molar-refractivity contribution in [2.45, 2.75) is 32.2 Å². The van der Waals surface area contributed by atoms with Crippen molar-refractivity contribution < 1.29 is 32.3 Å². The third-order valence-corrected chi connectivity index (χ3v) is 4.66. The van der Waals surface area contributed by atoms with Gasteiger partial charge in [0.25, 0.3) is 0 Å². The van der Waals surface area contributed by atoms with Gasteiger partial charge in [-0.05, 0) is 44.0 Å². The van der Waals surface area contributed by atoms with Crippen molar-refractivity contribution in [1.29, 1.82) is 0 Å². The molecule has 1 aliphatic carbocycles. The van der Waals surface area contributed by atoms with Gasteiger partial charge in [0.1, 0.15) is 11.8 Å². The maximum absolute atomic E-state index is 12.5. The molecular weight excluding hydrogens is 365 g/mol. The summed E-state index contributed by atoms with van der Waals surface area (Å²) in [5.41, 5.74) is 0.222. The number of halogens is 3. The Labute approximate surface area is 153 Å². The minimum absolute atomic E-state index is 0.222.